The predicted molar refractivity (Wildman–Crippen MR) is 118 cm³/mol. The minimum Gasteiger partial charge on any atom is -0.336 e. The van der Waals surface area contributed by atoms with Crippen molar-refractivity contribution in [3.63, 3.8) is 0 Å². The monoisotopic (exact) mass is 407 g/mol. The average Bonchev–Trinajstić information content (AvgIpc) is 2.68. The number of hydrogen-bond acceptors (Lipinski definition) is 2. The lowest BCUT2D eigenvalue weighted by Gasteiger charge is -2.36. The summed E-state index contributed by atoms with van der Waals surface area (Å²) in [6.45, 7) is 5.91. The Morgan fingerprint density at radius 1 is 1.07 bits per heavy atom. The van der Waals surface area contributed by atoms with E-state index in [1.807, 2.05) is 69.3 Å². The van der Waals surface area contributed by atoms with Crippen LogP contribution in [-0.4, -0.2) is 17.1 Å². The SMILES string of the molecule is Cc1cccc(C(Cc2ccccc2)(NC(=O)NC(C)C)c2ccc(Cl)cn2)c1. The number of carbonyl (C=O) groups excluding carboxylic acids is 1. The van der Waals surface area contributed by atoms with Crippen molar-refractivity contribution in [2.24, 2.45) is 0 Å². The van der Waals surface area contributed by atoms with Crippen LogP contribution in [0.1, 0.15) is 36.2 Å². The van der Waals surface area contributed by atoms with Gasteiger partial charge < -0.3 is 10.6 Å². The molecule has 1 heterocycles. The zero-order chi connectivity index (χ0) is 20.9. The average molecular weight is 408 g/mol. The summed E-state index contributed by atoms with van der Waals surface area (Å²) in [6.07, 6.45) is 2.17. The number of pyridine rings is 1. The molecule has 0 saturated carbocycles. The largest absolute Gasteiger partial charge is 0.336 e. The third-order valence-electron chi connectivity index (χ3n) is 4.73. The Labute approximate surface area is 177 Å². The maximum atomic E-state index is 12.9. The number of nitrogens with zero attached hydrogens (tertiary/aromatic N) is 1. The molecule has 150 valence electrons. The van der Waals surface area contributed by atoms with Crippen LogP contribution in [0.5, 0.6) is 0 Å². The Kier molecular flexibility index (Phi) is 6.55. The highest BCUT2D eigenvalue weighted by molar-refractivity contribution is 6.30. The molecule has 1 aromatic heterocycles. The molecule has 29 heavy (non-hydrogen) atoms. The molecule has 1 atom stereocenters. The predicted octanol–water partition coefficient (Wildman–Crippen LogP) is 5.24. The molecule has 0 aliphatic rings. The van der Waals surface area contributed by atoms with Crippen LogP contribution in [0.4, 0.5) is 4.79 Å². The molecule has 2 N–H and O–H groups in total. The van der Waals surface area contributed by atoms with Gasteiger partial charge in [-0.25, -0.2) is 4.79 Å². The van der Waals surface area contributed by atoms with Crippen molar-refractivity contribution in [2.75, 3.05) is 0 Å². The van der Waals surface area contributed by atoms with Gasteiger partial charge >= 0.3 is 6.03 Å². The third-order valence-corrected chi connectivity index (χ3v) is 4.96. The molecule has 0 aliphatic carbocycles. The van der Waals surface area contributed by atoms with Crippen molar-refractivity contribution in [3.05, 3.63) is 100 Å². The topological polar surface area (TPSA) is 54.0 Å². The van der Waals surface area contributed by atoms with Gasteiger partial charge in [-0.15, -0.1) is 0 Å². The summed E-state index contributed by atoms with van der Waals surface area (Å²) in [5, 5.41) is 6.73. The first kappa shape index (κ1) is 20.9. The Morgan fingerprint density at radius 3 is 2.45 bits per heavy atom. The molecule has 0 spiro atoms. The normalized spacial score (nSPS) is 13.0. The quantitative estimate of drug-likeness (QED) is 0.587. The van der Waals surface area contributed by atoms with Crippen LogP contribution in [0, 0.1) is 6.92 Å². The molecule has 0 fully saturated rings. The van der Waals surface area contributed by atoms with E-state index in [4.69, 9.17) is 11.6 Å². The Balaban J connectivity index is 2.18. The minimum atomic E-state index is -0.850. The van der Waals surface area contributed by atoms with Gasteiger partial charge in [0.05, 0.1) is 10.7 Å². The standard InChI is InChI=1S/C24H26ClN3O/c1-17(2)27-23(29)28-24(15-19-9-5-4-6-10-19,20-11-7-8-18(3)14-20)22-13-12-21(25)16-26-22/h4-14,16-17H,15H2,1-3H3,(H2,27,28,29). The van der Waals surface area contributed by atoms with Gasteiger partial charge in [0.25, 0.3) is 0 Å². The van der Waals surface area contributed by atoms with Crippen LogP contribution >= 0.6 is 11.6 Å². The third kappa shape index (κ3) is 5.15. The van der Waals surface area contributed by atoms with Crippen molar-refractivity contribution < 1.29 is 4.79 Å². The molecule has 0 aliphatic heterocycles. The van der Waals surface area contributed by atoms with Crippen LogP contribution in [0.25, 0.3) is 0 Å². The number of carbonyl (C=O) groups is 1. The number of halogens is 1. The van der Waals surface area contributed by atoms with Crippen LogP contribution in [-0.2, 0) is 12.0 Å². The summed E-state index contributed by atoms with van der Waals surface area (Å²) >= 11 is 6.11. The molecule has 3 rings (SSSR count). The number of aromatic nitrogens is 1. The summed E-state index contributed by atoms with van der Waals surface area (Å²) in [6, 6.07) is 21.7. The van der Waals surface area contributed by atoms with E-state index in [1.54, 1.807) is 6.20 Å². The van der Waals surface area contributed by atoms with Crippen LogP contribution in [0.15, 0.2) is 72.9 Å². The minimum absolute atomic E-state index is 0.0140. The molecule has 1 unspecified atom stereocenters. The van der Waals surface area contributed by atoms with Gasteiger partial charge in [-0.1, -0.05) is 71.8 Å². The van der Waals surface area contributed by atoms with Crippen LogP contribution in [0.3, 0.4) is 0 Å². The lowest BCUT2D eigenvalue weighted by Crippen LogP contribution is -2.53. The van der Waals surface area contributed by atoms with Crippen molar-refractivity contribution in [1.29, 1.82) is 0 Å². The van der Waals surface area contributed by atoms with E-state index in [0.29, 0.717) is 11.4 Å². The van der Waals surface area contributed by atoms with Gasteiger partial charge in [0, 0.05) is 18.7 Å². The molecule has 0 bridgehead atoms. The van der Waals surface area contributed by atoms with Crippen molar-refractivity contribution in [2.45, 2.75) is 38.8 Å². The molecular weight excluding hydrogens is 382 g/mol. The van der Waals surface area contributed by atoms with E-state index in [-0.39, 0.29) is 12.1 Å². The van der Waals surface area contributed by atoms with Gasteiger partial charge in [0.2, 0.25) is 0 Å². The Hall–Kier alpha value is -2.85. The number of amides is 2. The molecule has 0 radical (unpaired) electrons. The second-order valence-corrected chi connectivity index (χ2v) is 7.99. The van der Waals surface area contributed by atoms with Crippen molar-refractivity contribution >= 4 is 17.6 Å². The number of urea groups is 1. The first-order valence-corrected chi connectivity index (χ1v) is 10.1. The Morgan fingerprint density at radius 2 is 1.83 bits per heavy atom. The number of rotatable bonds is 6. The van der Waals surface area contributed by atoms with Gasteiger partial charge in [0.15, 0.2) is 0 Å². The van der Waals surface area contributed by atoms with Crippen molar-refractivity contribution in [1.82, 2.24) is 15.6 Å². The van der Waals surface area contributed by atoms with E-state index in [0.717, 1.165) is 22.4 Å². The number of nitrogens with one attached hydrogen (secondary N) is 2. The highest BCUT2D eigenvalue weighted by Gasteiger charge is 2.38. The maximum absolute atomic E-state index is 12.9. The second-order valence-electron chi connectivity index (χ2n) is 7.55. The van der Waals surface area contributed by atoms with E-state index in [9.17, 15) is 4.79 Å². The fraction of sp³-hybridized carbons (Fsp3) is 0.250. The summed E-state index contributed by atoms with van der Waals surface area (Å²) < 4.78 is 0. The molecule has 5 heteroatoms. The van der Waals surface area contributed by atoms with Gasteiger partial charge in [-0.05, 0) is 44.0 Å². The van der Waals surface area contributed by atoms with E-state index >= 15 is 0 Å². The molecule has 4 nitrogen and oxygen atoms in total. The van der Waals surface area contributed by atoms with Gasteiger partial charge in [0.1, 0.15) is 5.54 Å². The second kappa shape index (κ2) is 9.10. The number of hydrogen-bond donors (Lipinski definition) is 2. The van der Waals surface area contributed by atoms with Crippen molar-refractivity contribution in [3.8, 4) is 0 Å². The molecule has 3 aromatic rings. The summed E-state index contributed by atoms with van der Waals surface area (Å²) in [4.78, 5) is 17.5. The van der Waals surface area contributed by atoms with E-state index in [2.05, 4.69) is 33.8 Å². The highest BCUT2D eigenvalue weighted by atomic mass is 35.5. The first-order valence-electron chi connectivity index (χ1n) is 9.71. The first-order chi connectivity index (χ1) is 13.9. The number of aryl methyl sites for hydroxylation is 1. The fourth-order valence-corrected chi connectivity index (χ4v) is 3.57. The lowest BCUT2D eigenvalue weighted by atomic mass is 9.80. The Bertz CT molecular complexity index is 957. The van der Waals surface area contributed by atoms with Gasteiger partial charge in [-0.2, -0.15) is 0 Å². The zero-order valence-corrected chi connectivity index (χ0v) is 17.7. The summed E-state index contributed by atoms with van der Waals surface area (Å²) in [5.41, 5.74) is 3.05. The van der Waals surface area contributed by atoms with E-state index < -0.39 is 5.54 Å². The van der Waals surface area contributed by atoms with Crippen LogP contribution in [0.2, 0.25) is 5.02 Å². The van der Waals surface area contributed by atoms with Crippen LogP contribution < -0.4 is 10.6 Å². The van der Waals surface area contributed by atoms with Gasteiger partial charge in [-0.3, -0.25) is 4.98 Å². The maximum Gasteiger partial charge on any atom is 0.316 e. The number of benzene rings is 2. The molecule has 2 amide bonds. The zero-order valence-electron chi connectivity index (χ0n) is 16.9. The fourth-order valence-electron chi connectivity index (χ4n) is 3.45. The lowest BCUT2D eigenvalue weighted by molar-refractivity contribution is 0.227. The molecule has 2 aromatic carbocycles. The molecular formula is C24H26ClN3O. The molecule has 0 saturated heterocycles. The summed E-state index contributed by atoms with van der Waals surface area (Å²) in [5.74, 6) is 0. The highest BCUT2D eigenvalue weighted by Crippen LogP contribution is 2.33. The van der Waals surface area contributed by atoms with E-state index in [1.165, 1.54) is 0 Å². The smallest absolute Gasteiger partial charge is 0.316 e. The summed E-state index contributed by atoms with van der Waals surface area (Å²) in [7, 11) is 0.